The van der Waals surface area contributed by atoms with Crippen molar-refractivity contribution in [3.8, 4) is 0 Å². The average molecular weight is 434 g/mol. The van der Waals surface area contributed by atoms with Crippen molar-refractivity contribution in [2.45, 2.75) is 17.7 Å². The number of nitrogens with zero attached hydrogens (tertiary/aromatic N) is 1. The maximum atomic E-state index is 12.0. The summed E-state index contributed by atoms with van der Waals surface area (Å²) in [4.78, 5) is 13.2. The molecule has 26 heavy (non-hydrogen) atoms. The lowest BCUT2D eigenvalue weighted by molar-refractivity contribution is 0.0702. The van der Waals surface area contributed by atoms with E-state index in [1.807, 2.05) is 18.2 Å². The normalized spacial score (nSPS) is 11.8. The first-order valence-electron chi connectivity index (χ1n) is 7.91. The Morgan fingerprint density at radius 1 is 1.27 bits per heavy atom. The van der Waals surface area contributed by atoms with Crippen molar-refractivity contribution in [3.05, 3.63) is 51.2 Å². The number of sulfonamides is 1. The number of thiophene rings is 1. The molecule has 0 amide bonds. The molecule has 2 rings (SSSR count). The quantitative estimate of drug-likeness (QED) is 0.571. The predicted molar refractivity (Wildman–Crippen MR) is 108 cm³/mol. The predicted octanol–water partition coefficient (Wildman–Crippen LogP) is 4.09. The van der Waals surface area contributed by atoms with Gasteiger partial charge in [0.25, 0.3) is 0 Å². The van der Waals surface area contributed by atoms with Crippen LogP contribution in [0.1, 0.15) is 21.0 Å². The summed E-state index contributed by atoms with van der Waals surface area (Å²) in [6.45, 7) is 0.829. The molecule has 1 aromatic heterocycles. The number of thioether (sulfide) groups is 1. The highest BCUT2D eigenvalue weighted by molar-refractivity contribution is 7.99. The molecule has 142 valence electrons. The fraction of sp³-hybridized carbons (Fsp3) is 0.353. The van der Waals surface area contributed by atoms with E-state index in [2.05, 4.69) is 0 Å². The van der Waals surface area contributed by atoms with E-state index in [4.69, 9.17) is 16.7 Å². The van der Waals surface area contributed by atoms with Gasteiger partial charge < -0.3 is 5.11 Å². The lowest BCUT2D eigenvalue weighted by Gasteiger charge is -2.19. The second-order valence-electron chi connectivity index (χ2n) is 5.64. The molecule has 0 aliphatic heterocycles. The zero-order valence-corrected chi connectivity index (χ0v) is 17.4. The first-order valence-corrected chi connectivity index (χ1v) is 11.9. The molecule has 0 saturated carbocycles. The number of aromatic carboxylic acids is 1. The van der Waals surface area contributed by atoms with Crippen LogP contribution in [0, 0.1) is 0 Å². The van der Waals surface area contributed by atoms with E-state index in [0.29, 0.717) is 41.6 Å². The summed E-state index contributed by atoms with van der Waals surface area (Å²) in [6, 6.07) is 10.8. The van der Waals surface area contributed by atoms with Gasteiger partial charge in [-0.3, -0.25) is 0 Å². The molecule has 0 unspecified atom stereocenters. The third-order valence-corrected chi connectivity index (χ3v) is 7.22. The lowest BCUT2D eigenvalue weighted by atomic mass is 10.2. The van der Waals surface area contributed by atoms with Crippen molar-refractivity contribution in [1.29, 1.82) is 0 Å². The molecule has 5 nitrogen and oxygen atoms in total. The molecule has 0 aliphatic carbocycles. The molecule has 0 saturated heterocycles. The molecule has 0 radical (unpaired) electrons. The molecule has 0 fully saturated rings. The zero-order chi connectivity index (χ0) is 19.2. The van der Waals surface area contributed by atoms with Gasteiger partial charge in [0.05, 0.1) is 6.26 Å². The summed E-state index contributed by atoms with van der Waals surface area (Å²) < 4.78 is 25.4. The van der Waals surface area contributed by atoms with Crippen molar-refractivity contribution in [1.82, 2.24) is 4.31 Å². The molecule has 1 aromatic carbocycles. The molecule has 0 spiro atoms. The smallest absolute Gasteiger partial charge is 0.345 e. The van der Waals surface area contributed by atoms with Crippen LogP contribution in [0.2, 0.25) is 5.02 Å². The molecule has 0 atom stereocenters. The van der Waals surface area contributed by atoms with Crippen LogP contribution in [-0.4, -0.2) is 48.9 Å². The van der Waals surface area contributed by atoms with E-state index < -0.39 is 16.0 Å². The van der Waals surface area contributed by atoms with E-state index >= 15 is 0 Å². The van der Waals surface area contributed by atoms with Crippen molar-refractivity contribution in [2.24, 2.45) is 0 Å². The minimum absolute atomic E-state index is 0.304. The van der Waals surface area contributed by atoms with Gasteiger partial charge in [-0.1, -0.05) is 17.7 Å². The first kappa shape index (κ1) is 21.2. The summed E-state index contributed by atoms with van der Waals surface area (Å²) in [5.41, 5.74) is 0. The third kappa shape index (κ3) is 6.92. The van der Waals surface area contributed by atoms with E-state index in [0.717, 1.165) is 9.77 Å². The van der Waals surface area contributed by atoms with Gasteiger partial charge in [0, 0.05) is 33.6 Å². The molecule has 0 bridgehead atoms. The Balaban J connectivity index is 1.84. The van der Waals surface area contributed by atoms with Crippen LogP contribution in [0.3, 0.4) is 0 Å². The topological polar surface area (TPSA) is 74.7 Å². The van der Waals surface area contributed by atoms with Crippen molar-refractivity contribution >= 4 is 50.7 Å². The van der Waals surface area contributed by atoms with Crippen LogP contribution in [0.5, 0.6) is 0 Å². The van der Waals surface area contributed by atoms with Crippen LogP contribution in [0.25, 0.3) is 0 Å². The zero-order valence-electron chi connectivity index (χ0n) is 14.2. The fourth-order valence-electron chi connectivity index (χ4n) is 2.32. The minimum Gasteiger partial charge on any atom is -0.477 e. The number of benzene rings is 1. The van der Waals surface area contributed by atoms with Crippen LogP contribution in [0.4, 0.5) is 0 Å². The number of hydrogen-bond acceptors (Lipinski definition) is 5. The first-order chi connectivity index (χ1) is 12.3. The summed E-state index contributed by atoms with van der Waals surface area (Å²) >= 11 is 8.75. The molecule has 1 heterocycles. The fourth-order valence-corrected chi connectivity index (χ4v) is 5.40. The molecule has 9 heteroatoms. The highest BCUT2D eigenvalue weighted by Gasteiger charge is 2.16. The van der Waals surface area contributed by atoms with E-state index in [1.165, 1.54) is 21.9 Å². The Kier molecular flexibility index (Phi) is 7.97. The Bertz CT molecular complexity index is 851. The van der Waals surface area contributed by atoms with Crippen LogP contribution in [-0.2, 0) is 16.4 Å². The van der Waals surface area contributed by atoms with Crippen molar-refractivity contribution in [3.63, 3.8) is 0 Å². The molecular weight excluding hydrogens is 414 g/mol. The lowest BCUT2D eigenvalue weighted by Crippen LogP contribution is -2.33. The van der Waals surface area contributed by atoms with E-state index in [1.54, 1.807) is 30.0 Å². The second-order valence-corrected chi connectivity index (χ2v) is 10.4. The monoisotopic (exact) mass is 433 g/mol. The van der Waals surface area contributed by atoms with Crippen molar-refractivity contribution in [2.75, 3.05) is 25.1 Å². The van der Waals surface area contributed by atoms with Gasteiger partial charge in [0.1, 0.15) is 4.88 Å². The van der Waals surface area contributed by atoms with Crippen LogP contribution < -0.4 is 0 Å². The van der Waals surface area contributed by atoms with Gasteiger partial charge in [-0.05, 0) is 43.2 Å². The van der Waals surface area contributed by atoms with E-state index in [9.17, 15) is 13.2 Å². The summed E-state index contributed by atoms with van der Waals surface area (Å²) in [6.07, 6.45) is 2.52. The maximum absolute atomic E-state index is 12.0. The number of rotatable bonds is 10. The Hall–Kier alpha value is -1.06. The van der Waals surface area contributed by atoms with Gasteiger partial charge in [0.15, 0.2) is 0 Å². The number of carboxylic acids is 1. The summed E-state index contributed by atoms with van der Waals surface area (Å²) in [5, 5.41) is 9.60. The highest BCUT2D eigenvalue weighted by Crippen LogP contribution is 2.22. The largest absolute Gasteiger partial charge is 0.477 e. The SMILES string of the molecule is CS(=O)(=O)N(CCCc1ccc(C(=O)O)s1)CCSc1cccc(Cl)c1. The van der Waals surface area contributed by atoms with Gasteiger partial charge in [0.2, 0.25) is 10.0 Å². The number of aryl methyl sites for hydroxylation is 1. The molecule has 2 aromatic rings. The van der Waals surface area contributed by atoms with Crippen LogP contribution in [0.15, 0.2) is 41.3 Å². The van der Waals surface area contributed by atoms with Crippen molar-refractivity contribution < 1.29 is 18.3 Å². The Morgan fingerprint density at radius 3 is 2.65 bits per heavy atom. The van der Waals surface area contributed by atoms with E-state index in [-0.39, 0.29) is 0 Å². The second kappa shape index (κ2) is 9.75. The number of carboxylic acid groups (broad SMARTS) is 1. The minimum atomic E-state index is -3.29. The Morgan fingerprint density at radius 2 is 2.04 bits per heavy atom. The average Bonchev–Trinajstić information content (AvgIpc) is 3.02. The van der Waals surface area contributed by atoms with Crippen LogP contribution >= 0.6 is 34.7 Å². The number of halogens is 1. The van der Waals surface area contributed by atoms with Gasteiger partial charge in [-0.2, -0.15) is 0 Å². The third-order valence-electron chi connectivity index (χ3n) is 3.58. The summed E-state index contributed by atoms with van der Waals surface area (Å²) in [7, 11) is -3.29. The highest BCUT2D eigenvalue weighted by atomic mass is 35.5. The maximum Gasteiger partial charge on any atom is 0.345 e. The molecule has 1 N–H and O–H groups in total. The standard InChI is InChI=1S/C17H20ClNO4S3/c1-26(22,23)19(10-11-24-15-5-2-4-13(18)12-15)9-3-6-14-7-8-16(25-14)17(20)21/h2,4-5,7-8,12H,3,6,9-11H2,1H3,(H,20,21). The van der Waals surface area contributed by atoms with Gasteiger partial charge in [-0.25, -0.2) is 17.5 Å². The molecular formula is C17H20ClNO4S3. The number of carbonyl (C=O) groups is 1. The number of hydrogen-bond donors (Lipinski definition) is 1. The van der Waals surface area contributed by atoms with Gasteiger partial charge in [-0.15, -0.1) is 23.1 Å². The summed E-state index contributed by atoms with van der Waals surface area (Å²) in [5.74, 6) is -0.299. The van der Waals surface area contributed by atoms with Gasteiger partial charge >= 0.3 is 5.97 Å². The Labute approximate surface area is 167 Å². The molecule has 0 aliphatic rings.